The molecule has 1 unspecified atom stereocenters. The van der Waals surface area contributed by atoms with E-state index in [9.17, 15) is 9.59 Å². The lowest BCUT2D eigenvalue weighted by molar-refractivity contribution is -0.131. The largest absolute Gasteiger partial charge is 0.492 e. The second-order valence-corrected chi connectivity index (χ2v) is 7.53. The van der Waals surface area contributed by atoms with Crippen LogP contribution in [0.1, 0.15) is 37.8 Å². The number of hydrogen-bond acceptors (Lipinski definition) is 3. The van der Waals surface area contributed by atoms with Crippen molar-refractivity contribution in [2.75, 3.05) is 13.2 Å². The zero-order valence-corrected chi connectivity index (χ0v) is 16.4. The normalized spacial score (nSPS) is 19.5. The van der Waals surface area contributed by atoms with Crippen LogP contribution in [0.2, 0.25) is 5.02 Å². The van der Waals surface area contributed by atoms with Crippen molar-refractivity contribution >= 4 is 23.5 Å². The molecule has 0 radical (unpaired) electrons. The number of carbonyl (C=O) groups is 2. The summed E-state index contributed by atoms with van der Waals surface area (Å²) in [5.74, 6) is 0.724. The van der Waals surface area contributed by atoms with E-state index in [-0.39, 0.29) is 19.1 Å². The Balaban J connectivity index is 1.68. The van der Waals surface area contributed by atoms with Gasteiger partial charge in [-0.05, 0) is 42.2 Å². The Bertz CT molecular complexity index is 851. The summed E-state index contributed by atoms with van der Waals surface area (Å²) >= 11 is 5.92. The van der Waals surface area contributed by atoms with Crippen LogP contribution in [0.5, 0.6) is 5.75 Å². The molecule has 1 saturated heterocycles. The zero-order chi connectivity index (χ0) is 19.6. The van der Waals surface area contributed by atoms with Gasteiger partial charge < -0.3 is 10.1 Å². The maximum Gasteiger partial charge on any atom is 0.325 e. The Morgan fingerprint density at radius 2 is 1.85 bits per heavy atom. The molecule has 2 aromatic carbocycles. The SMILES string of the molecule is CC(C)c1ccc(C2(C)NC(=O)N(CCOc3cccc(Cl)c3)C2=O)cc1. The third kappa shape index (κ3) is 3.93. The van der Waals surface area contributed by atoms with Gasteiger partial charge >= 0.3 is 6.03 Å². The van der Waals surface area contributed by atoms with Gasteiger partial charge in [-0.15, -0.1) is 0 Å². The lowest BCUT2D eigenvalue weighted by atomic mass is 9.90. The lowest BCUT2D eigenvalue weighted by Crippen LogP contribution is -2.41. The predicted molar refractivity (Wildman–Crippen MR) is 105 cm³/mol. The lowest BCUT2D eigenvalue weighted by Gasteiger charge is -2.23. The van der Waals surface area contributed by atoms with Crippen molar-refractivity contribution in [3.63, 3.8) is 0 Å². The van der Waals surface area contributed by atoms with Crippen LogP contribution in [-0.4, -0.2) is 30.0 Å². The number of imide groups is 1. The van der Waals surface area contributed by atoms with Gasteiger partial charge in [0.1, 0.15) is 17.9 Å². The van der Waals surface area contributed by atoms with Crippen LogP contribution in [-0.2, 0) is 10.3 Å². The Labute approximate surface area is 164 Å². The molecule has 2 aromatic rings. The standard InChI is InChI=1S/C21H23ClN2O3/c1-14(2)15-7-9-16(10-8-15)21(3)19(25)24(20(26)23-21)11-12-27-18-6-4-5-17(22)13-18/h4-10,13-14H,11-12H2,1-3H3,(H,23,26). The van der Waals surface area contributed by atoms with Crippen LogP contribution in [0.15, 0.2) is 48.5 Å². The van der Waals surface area contributed by atoms with Crippen molar-refractivity contribution in [1.82, 2.24) is 10.2 Å². The molecular weight excluding hydrogens is 364 g/mol. The summed E-state index contributed by atoms with van der Waals surface area (Å²) in [5.41, 5.74) is 0.886. The molecule has 1 aliphatic rings. The molecule has 1 aliphatic heterocycles. The predicted octanol–water partition coefficient (Wildman–Crippen LogP) is 4.31. The van der Waals surface area contributed by atoms with Gasteiger partial charge in [-0.25, -0.2) is 4.79 Å². The van der Waals surface area contributed by atoms with Gasteiger partial charge in [-0.2, -0.15) is 0 Å². The average molecular weight is 387 g/mol. The zero-order valence-electron chi connectivity index (χ0n) is 15.7. The van der Waals surface area contributed by atoms with E-state index in [0.717, 1.165) is 5.56 Å². The summed E-state index contributed by atoms with van der Waals surface area (Å²) in [4.78, 5) is 26.5. The molecule has 0 spiro atoms. The van der Waals surface area contributed by atoms with E-state index in [4.69, 9.17) is 16.3 Å². The number of benzene rings is 2. The van der Waals surface area contributed by atoms with Crippen LogP contribution >= 0.6 is 11.6 Å². The van der Waals surface area contributed by atoms with E-state index in [0.29, 0.717) is 16.7 Å². The first-order valence-electron chi connectivity index (χ1n) is 8.94. The minimum absolute atomic E-state index is 0.164. The van der Waals surface area contributed by atoms with E-state index < -0.39 is 11.6 Å². The van der Waals surface area contributed by atoms with Crippen molar-refractivity contribution in [1.29, 1.82) is 0 Å². The molecule has 1 heterocycles. The molecular formula is C21H23ClN2O3. The van der Waals surface area contributed by atoms with E-state index >= 15 is 0 Å². The highest BCUT2D eigenvalue weighted by molar-refractivity contribution is 6.30. The number of halogens is 1. The monoisotopic (exact) mass is 386 g/mol. The third-order valence-corrected chi connectivity index (χ3v) is 5.04. The van der Waals surface area contributed by atoms with Crippen LogP contribution < -0.4 is 10.1 Å². The number of hydrogen-bond donors (Lipinski definition) is 1. The maximum atomic E-state index is 12.9. The fourth-order valence-electron chi connectivity index (χ4n) is 3.11. The van der Waals surface area contributed by atoms with Crippen molar-refractivity contribution < 1.29 is 14.3 Å². The number of nitrogens with one attached hydrogen (secondary N) is 1. The van der Waals surface area contributed by atoms with Gasteiger partial charge in [0.05, 0.1) is 6.54 Å². The first-order chi connectivity index (χ1) is 12.8. The molecule has 6 heteroatoms. The number of urea groups is 1. The van der Waals surface area contributed by atoms with Crippen molar-refractivity contribution in [3.05, 3.63) is 64.7 Å². The van der Waals surface area contributed by atoms with E-state index in [1.165, 1.54) is 10.5 Å². The Morgan fingerprint density at radius 3 is 2.48 bits per heavy atom. The highest BCUT2D eigenvalue weighted by Crippen LogP contribution is 2.30. The van der Waals surface area contributed by atoms with Crippen LogP contribution in [0, 0.1) is 0 Å². The summed E-state index contributed by atoms with van der Waals surface area (Å²) in [6, 6.07) is 14.4. The first-order valence-corrected chi connectivity index (χ1v) is 9.32. The van der Waals surface area contributed by atoms with Gasteiger partial charge in [0.25, 0.3) is 5.91 Å². The van der Waals surface area contributed by atoms with Crippen LogP contribution in [0.4, 0.5) is 4.79 Å². The van der Waals surface area contributed by atoms with Crippen molar-refractivity contribution in [3.8, 4) is 5.75 Å². The third-order valence-electron chi connectivity index (χ3n) is 4.81. The van der Waals surface area contributed by atoms with Crippen molar-refractivity contribution in [2.45, 2.75) is 32.2 Å². The first kappa shape index (κ1) is 19.2. The fraction of sp³-hybridized carbons (Fsp3) is 0.333. The second-order valence-electron chi connectivity index (χ2n) is 7.09. The number of amides is 3. The summed E-state index contributed by atoms with van der Waals surface area (Å²) in [5, 5.41) is 3.38. The maximum absolute atomic E-state index is 12.9. The highest BCUT2D eigenvalue weighted by Gasteiger charge is 2.48. The van der Waals surface area contributed by atoms with Crippen LogP contribution in [0.3, 0.4) is 0 Å². The minimum Gasteiger partial charge on any atom is -0.492 e. The smallest absolute Gasteiger partial charge is 0.325 e. The molecule has 27 heavy (non-hydrogen) atoms. The van der Waals surface area contributed by atoms with Gasteiger partial charge in [0.2, 0.25) is 0 Å². The Kier molecular flexibility index (Phi) is 5.42. The second kappa shape index (κ2) is 7.61. The van der Waals surface area contributed by atoms with Crippen molar-refractivity contribution in [2.24, 2.45) is 0 Å². The molecule has 1 fully saturated rings. The molecule has 0 aliphatic carbocycles. The number of nitrogens with zero attached hydrogens (tertiary/aromatic N) is 1. The molecule has 3 rings (SSSR count). The molecule has 5 nitrogen and oxygen atoms in total. The van der Waals surface area contributed by atoms with E-state index in [1.807, 2.05) is 24.3 Å². The van der Waals surface area contributed by atoms with Gasteiger partial charge in [0, 0.05) is 5.02 Å². The number of rotatable bonds is 6. The van der Waals surface area contributed by atoms with Gasteiger partial charge in [-0.1, -0.05) is 55.8 Å². The Hall–Kier alpha value is -2.53. The molecule has 3 amide bonds. The topological polar surface area (TPSA) is 58.6 Å². The van der Waals surface area contributed by atoms with Gasteiger partial charge in [-0.3, -0.25) is 9.69 Å². The summed E-state index contributed by atoms with van der Waals surface area (Å²) in [7, 11) is 0. The molecule has 1 atom stereocenters. The number of carbonyl (C=O) groups excluding carboxylic acids is 2. The summed E-state index contributed by atoms with van der Waals surface area (Å²) in [6.45, 7) is 6.32. The Morgan fingerprint density at radius 1 is 1.15 bits per heavy atom. The van der Waals surface area contributed by atoms with E-state index in [1.54, 1.807) is 31.2 Å². The molecule has 1 N–H and O–H groups in total. The summed E-state index contributed by atoms with van der Waals surface area (Å²) < 4.78 is 5.60. The molecule has 0 saturated carbocycles. The fourth-order valence-corrected chi connectivity index (χ4v) is 3.29. The average Bonchev–Trinajstić information content (AvgIpc) is 2.86. The van der Waals surface area contributed by atoms with Crippen LogP contribution in [0.25, 0.3) is 0 Å². The summed E-state index contributed by atoms with van der Waals surface area (Å²) in [6.07, 6.45) is 0. The minimum atomic E-state index is -1.07. The molecule has 0 aromatic heterocycles. The van der Waals surface area contributed by atoms with E-state index in [2.05, 4.69) is 19.2 Å². The molecule has 142 valence electrons. The quantitative estimate of drug-likeness (QED) is 0.752. The van der Waals surface area contributed by atoms with Gasteiger partial charge in [0.15, 0.2) is 0 Å². The molecule has 0 bridgehead atoms. The highest BCUT2D eigenvalue weighted by atomic mass is 35.5. The number of ether oxygens (including phenoxy) is 1.